The number of unbranched alkanes of at least 4 members (excludes halogenated alkanes) is 2. The normalized spacial score (nSPS) is 12.9. The molecule has 0 spiro atoms. The Balaban J connectivity index is 3.63. The summed E-state index contributed by atoms with van der Waals surface area (Å²) in [5, 5.41) is 0. The fraction of sp³-hybridized carbons (Fsp3) is 0.636. The second-order valence-corrected chi connectivity index (χ2v) is 3.60. The molecule has 0 fully saturated rings. The van der Waals surface area contributed by atoms with Crippen molar-refractivity contribution >= 4 is 11.8 Å². The lowest BCUT2D eigenvalue weighted by Gasteiger charge is -2.07. The van der Waals surface area contributed by atoms with Crippen molar-refractivity contribution in [2.24, 2.45) is 17.4 Å². The molecule has 0 aromatic heterocycles. The quantitative estimate of drug-likeness (QED) is 0.466. The highest BCUT2D eigenvalue weighted by Gasteiger charge is 2.10. The maximum Gasteiger partial charge on any atom is 0.224 e. The van der Waals surface area contributed by atoms with Gasteiger partial charge in [0.05, 0.1) is 5.92 Å². The maximum atomic E-state index is 11.0. The van der Waals surface area contributed by atoms with Crippen LogP contribution in [-0.4, -0.2) is 11.8 Å². The van der Waals surface area contributed by atoms with Crippen LogP contribution >= 0.6 is 0 Å². The van der Waals surface area contributed by atoms with E-state index in [1.165, 1.54) is 0 Å². The molecule has 1 atom stereocenters. The van der Waals surface area contributed by atoms with Crippen LogP contribution < -0.4 is 11.5 Å². The number of nitrogens with two attached hydrogens (primary N) is 2. The van der Waals surface area contributed by atoms with Gasteiger partial charge in [-0.1, -0.05) is 25.0 Å². The molecule has 0 saturated heterocycles. The molecule has 0 aliphatic carbocycles. The van der Waals surface area contributed by atoms with Gasteiger partial charge < -0.3 is 11.5 Å². The Morgan fingerprint density at radius 3 is 2.33 bits per heavy atom. The second kappa shape index (κ2) is 8.03. The fourth-order valence-electron chi connectivity index (χ4n) is 1.41. The van der Waals surface area contributed by atoms with Crippen LogP contribution in [0.3, 0.4) is 0 Å². The van der Waals surface area contributed by atoms with E-state index in [4.69, 9.17) is 11.5 Å². The Hall–Kier alpha value is -1.32. The van der Waals surface area contributed by atoms with Gasteiger partial charge in [0.25, 0.3) is 0 Å². The molecule has 0 aromatic carbocycles. The van der Waals surface area contributed by atoms with E-state index in [2.05, 4.69) is 0 Å². The Morgan fingerprint density at radius 1 is 1.20 bits per heavy atom. The molecular weight excluding hydrogens is 192 g/mol. The maximum absolute atomic E-state index is 11.0. The first-order valence-electron chi connectivity index (χ1n) is 5.28. The summed E-state index contributed by atoms with van der Waals surface area (Å²) in [6, 6.07) is 0. The van der Waals surface area contributed by atoms with E-state index >= 15 is 0 Å². The highest BCUT2D eigenvalue weighted by atomic mass is 16.1. The minimum Gasteiger partial charge on any atom is -0.370 e. The number of allylic oxidation sites excluding steroid dienone is 1. The van der Waals surface area contributed by atoms with Crippen LogP contribution in [0, 0.1) is 5.92 Å². The predicted octanol–water partition coefficient (Wildman–Crippen LogP) is 1.10. The van der Waals surface area contributed by atoms with E-state index in [9.17, 15) is 9.59 Å². The zero-order valence-corrected chi connectivity index (χ0v) is 9.24. The number of rotatable bonds is 8. The van der Waals surface area contributed by atoms with Gasteiger partial charge in [0.2, 0.25) is 11.8 Å². The van der Waals surface area contributed by atoms with Gasteiger partial charge >= 0.3 is 0 Å². The molecule has 0 radical (unpaired) electrons. The number of hydrogen-bond acceptors (Lipinski definition) is 2. The van der Waals surface area contributed by atoms with Crippen LogP contribution in [0.1, 0.15) is 39.0 Å². The largest absolute Gasteiger partial charge is 0.370 e. The monoisotopic (exact) mass is 212 g/mol. The lowest BCUT2D eigenvalue weighted by Crippen LogP contribution is -2.21. The SMILES string of the molecule is C/C=C/C(CCCCCC(N)=O)C(N)=O. The first-order chi connectivity index (χ1) is 7.07. The van der Waals surface area contributed by atoms with Crippen LogP contribution in [0.2, 0.25) is 0 Å². The van der Waals surface area contributed by atoms with E-state index < -0.39 is 0 Å². The van der Waals surface area contributed by atoms with Crippen molar-refractivity contribution in [1.29, 1.82) is 0 Å². The molecule has 0 heterocycles. The molecule has 0 aliphatic heterocycles. The lowest BCUT2D eigenvalue weighted by atomic mass is 9.99. The first kappa shape index (κ1) is 13.7. The molecule has 0 saturated carbocycles. The van der Waals surface area contributed by atoms with Crippen LogP contribution in [0.15, 0.2) is 12.2 Å². The third-order valence-corrected chi connectivity index (χ3v) is 2.23. The topological polar surface area (TPSA) is 86.2 Å². The Bertz CT molecular complexity index is 237. The highest BCUT2D eigenvalue weighted by molar-refractivity contribution is 5.78. The summed E-state index contributed by atoms with van der Waals surface area (Å²) in [6.45, 7) is 1.86. The smallest absolute Gasteiger partial charge is 0.224 e. The third-order valence-electron chi connectivity index (χ3n) is 2.23. The molecule has 2 amide bonds. The Morgan fingerprint density at radius 2 is 1.87 bits per heavy atom. The van der Waals surface area contributed by atoms with Gasteiger partial charge in [0, 0.05) is 6.42 Å². The third kappa shape index (κ3) is 7.73. The van der Waals surface area contributed by atoms with E-state index in [0.717, 1.165) is 25.7 Å². The molecule has 0 aliphatic rings. The van der Waals surface area contributed by atoms with Crippen LogP contribution in [0.4, 0.5) is 0 Å². The van der Waals surface area contributed by atoms with Crippen molar-refractivity contribution in [2.45, 2.75) is 39.0 Å². The van der Waals surface area contributed by atoms with E-state index in [0.29, 0.717) is 6.42 Å². The molecular formula is C11H20N2O2. The second-order valence-electron chi connectivity index (χ2n) is 3.60. The van der Waals surface area contributed by atoms with Gasteiger partial charge in [0.1, 0.15) is 0 Å². The van der Waals surface area contributed by atoms with Crippen molar-refractivity contribution in [3.05, 3.63) is 12.2 Å². The Labute approximate surface area is 90.7 Å². The molecule has 0 rings (SSSR count). The van der Waals surface area contributed by atoms with Crippen LogP contribution in [0.25, 0.3) is 0 Å². The van der Waals surface area contributed by atoms with Gasteiger partial charge in [-0.25, -0.2) is 0 Å². The van der Waals surface area contributed by atoms with Gasteiger partial charge in [-0.2, -0.15) is 0 Å². The average molecular weight is 212 g/mol. The molecule has 86 valence electrons. The summed E-state index contributed by atoms with van der Waals surface area (Å²) in [4.78, 5) is 21.4. The van der Waals surface area contributed by atoms with Crippen LogP contribution in [-0.2, 0) is 9.59 Å². The zero-order chi connectivity index (χ0) is 11.7. The zero-order valence-electron chi connectivity index (χ0n) is 9.24. The van der Waals surface area contributed by atoms with Crippen molar-refractivity contribution in [1.82, 2.24) is 0 Å². The standard InChI is InChI=1S/C11H20N2O2/c1-2-6-9(11(13)15)7-4-3-5-8-10(12)14/h2,6,9H,3-5,7-8H2,1H3,(H2,12,14)(H2,13,15)/b6-2+. The number of carbonyl (C=O) groups excluding carboxylic acids is 2. The summed E-state index contributed by atoms with van der Waals surface area (Å²) in [7, 11) is 0. The molecule has 4 heteroatoms. The highest BCUT2D eigenvalue weighted by Crippen LogP contribution is 2.11. The summed E-state index contributed by atoms with van der Waals surface area (Å²) in [5.41, 5.74) is 10.2. The first-order valence-corrected chi connectivity index (χ1v) is 5.28. The summed E-state index contributed by atoms with van der Waals surface area (Å²) in [5.74, 6) is -0.735. The van der Waals surface area contributed by atoms with Crippen LogP contribution in [0.5, 0.6) is 0 Å². The summed E-state index contributed by atoms with van der Waals surface area (Å²) >= 11 is 0. The number of amides is 2. The van der Waals surface area contributed by atoms with Crippen molar-refractivity contribution in [3.63, 3.8) is 0 Å². The lowest BCUT2D eigenvalue weighted by molar-refractivity contribution is -0.121. The number of primary amides is 2. The number of hydrogen-bond donors (Lipinski definition) is 2. The molecule has 15 heavy (non-hydrogen) atoms. The molecule has 4 nitrogen and oxygen atoms in total. The van der Waals surface area contributed by atoms with Crippen molar-refractivity contribution in [2.75, 3.05) is 0 Å². The number of carbonyl (C=O) groups is 2. The predicted molar refractivity (Wildman–Crippen MR) is 59.8 cm³/mol. The van der Waals surface area contributed by atoms with E-state index in [1.54, 1.807) is 0 Å². The van der Waals surface area contributed by atoms with E-state index in [1.807, 2.05) is 19.1 Å². The average Bonchev–Trinajstić information content (AvgIpc) is 2.15. The minimum atomic E-state index is -0.289. The molecule has 1 unspecified atom stereocenters. The van der Waals surface area contributed by atoms with Gasteiger partial charge in [-0.05, 0) is 19.8 Å². The van der Waals surface area contributed by atoms with E-state index in [-0.39, 0.29) is 17.7 Å². The summed E-state index contributed by atoms with van der Waals surface area (Å²) in [6.07, 6.45) is 7.41. The van der Waals surface area contributed by atoms with Crippen molar-refractivity contribution < 1.29 is 9.59 Å². The summed E-state index contributed by atoms with van der Waals surface area (Å²) < 4.78 is 0. The van der Waals surface area contributed by atoms with Gasteiger partial charge in [-0.15, -0.1) is 0 Å². The van der Waals surface area contributed by atoms with Crippen molar-refractivity contribution in [3.8, 4) is 0 Å². The fourth-order valence-corrected chi connectivity index (χ4v) is 1.41. The molecule has 0 aromatic rings. The van der Waals surface area contributed by atoms with Gasteiger partial charge in [-0.3, -0.25) is 9.59 Å². The minimum absolute atomic E-state index is 0.177. The Kier molecular flexibility index (Phi) is 7.32. The van der Waals surface area contributed by atoms with Gasteiger partial charge in [0.15, 0.2) is 0 Å². The molecule has 4 N–H and O–H groups in total. The molecule has 0 bridgehead atoms.